The number of hydrogen-bond donors (Lipinski definition) is 1. The van der Waals surface area contributed by atoms with Crippen molar-refractivity contribution in [2.75, 3.05) is 13.1 Å². The molecule has 94 valence electrons. The fraction of sp³-hybridized carbons (Fsp3) is 0.400. The van der Waals surface area contributed by atoms with E-state index in [9.17, 15) is 9.90 Å². The van der Waals surface area contributed by atoms with Gasteiger partial charge in [-0.25, -0.2) is 0 Å². The van der Waals surface area contributed by atoms with E-state index in [1.807, 2.05) is 37.3 Å². The highest BCUT2D eigenvalue weighted by molar-refractivity contribution is 5.94. The normalized spacial score (nSPS) is 17.8. The number of aliphatic hydroxyl groups is 1. The van der Waals surface area contributed by atoms with Gasteiger partial charge in [0, 0.05) is 24.6 Å². The zero-order valence-corrected chi connectivity index (χ0v) is 10.5. The van der Waals surface area contributed by atoms with E-state index >= 15 is 0 Å². The van der Waals surface area contributed by atoms with Crippen molar-refractivity contribution in [2.24, 2.45) is 0 Å². The fourth-order valence-electron chi connectivity index (χ4n) is 1.92. The quantitative estimate of drug-likeness (QED) is 0.700. The molecule has 0 unspecified atom stereocenters. The van der Waals surface area contributed by atoms with Gasteiger partial charge in [0.15, 0.2) is 0 Å². The molecule has 0 radical (unpaired) electrons. The number of hydrogen-bond acceptors (Lipinski definition) is 2. The average molecular weight is 243 g/mol. The monoisotopic (exact) mass is 243 g/mol. The summed E-state index contributed by atoms with van der Waals surface area (Å²) in [5, 5.41) is 9.81. The van der Waals surface area contributed by atoms with Crippen LogP contribution in [0.4, 0.5) is 0 Å². The Morgan fingerprint density at radius 2 is 1.89 bits per heavy atom. The van der Waals surface area contributed by atoms with E-state index in [1.54, 1.807) is 4.90 Å². The van der Waals surface area contributed by atoms with E-state index in [2.05, 4.69) is 11.8 Å². The minimum absolute atomic E-state index is 0.158. The highest BCUT2D eigenvalue weighted by atomic mass is 16.3. The molecule has 0 bridgehead atoms. The van der Waals surface area contributed by atoms with E-state index in [0.717, 1.165) is 5.56 Å². The molecule has 2 rings (SSSR count). The molecular formula is C15H17NO2. The summed E-state index contributed by atoms with van der Waals surface area (Å²) in [5.74, 6) is 5.35. The first-order valence-electron chi connectivity index (χ1n) is 6.15. The first-order valence-corrected chi connectivity index (χ1v) is 6.15. The molecule has 1 amide bonds. The minimum atomic E-state index is -0.635. The number of amides is 1. The van der Waals surface area contributed by atoms with Gasteiger partial charge in [0.05, 0.1) is 5.60 Å². The lowest BCUT2D eigenvalue weighted by Gasteiger charge is -2.34. The van der Waals surface area contributed by atoms with Gasteiger partial charge < -0.3 is 10.0 Å². The standard InChI is InChI=1S/C15H17NO2/c1-15(18)9-11-16(12-10-15)14(17)8-7-13-5-3-2-4-6-13/h2-6,18H,9-12H2,1H3. The second-order valence-electron chi connectivity index (χ2n) is 4.91. The lowest BCUT2D eigenvalue weighted by atomic mass is 9.94. The maximum atomic E-state index is 11.9. The van der Waals surface area contributed by atoms with Gasteiger partial charge in [-0.2, -0.15) is 0 Å². The molecule has 1 aliphatic rings. The van der Waals surface area contributed by atoms with Crippen molar-refractivity contribution in [3.63, 3.8) is 0 Å². The Kier molecular flexibility index (Phi) is 3.69. The molecule has 1 aromatic rings. The molecule has 1 aromatic carbocycles. The average Bonchev–Trinajstić information content (AvgIpc) is 2.37. The Bertz CT molecular complexity index is 472. The number of carbonyl (C=O) groups excluding carboxylic acids is 1. The summed E-state index contributed by atoms with van der Waals surface area (Å²) in [7, 11) is 0. The molecular weight excluding hydrogens is 226 g/mol. The molecule has 0 saturated carbocycles. The summed E-state index contributed by atoms with van der Waals surface area (Å²) >= 11 is 0. The zero-order chi connectivity index (χ0) is 13.0. The van der Waals surface area contributed by atoms with E-state index < -0.39 is 5.60 Å². The number of rotatable bonds is 0. The summed E-state index contributed by atoms with van der Waals surface area (Å²) in [4.78, 5) is 13.6. The van der Waals surface area contributed by atoms with Crippen LogP contribution in [0.3, 0.4) is 0 Å². The SMILES string of the molecule is CC1(O)CCN(C(=O)C#Cc2ccccc2)CC1. The predicted molar refractivity (Wildman–Crippen MR) is 69.8 cm³/mol. The van der Waals surface area contributed by atoms with Crippen LogP contribution >= 0.6 is 0 Å². The maximum absolute atomic E-state index is 11.9. The molecule has 0 spiro atoms. The fourth-order valence-corrected chi connectivity index (χ4v) is 1.92. The van der Waals surface area contributed by atoms with Crippen LogP contribution in [0.5, 0.6) is 0 Å². The van der Waals surface area contributed by atoms with Crippen molar-refractivity contribution in [2.45, 2.75) is 25.4 Å². The second-order valence-corrected chi connectivity index (χ2v) is 4.91. The van der Waals surface area contributed by atoms with Crippen molar-refractivity contribution in [1.29, 1.82) is 0 Å². The Hall–Kier alpha value is -1.79. The van der Waals surface area contributed by atoms with Gasteiger partial charge in [0.25, 0.3) is 5.91 Å². The van der Waals surface area contributed by atoms with E-state index in [-0.39, 0.29) is 5.91 Å². The molecule has 1 saturated heterocycles. The number of carbonyl (C=O) groups is 1. The third kappa shape index (κ3) is 3.35. The zero-order valence-electron chi connectivity index (χ0n) is 10.5. The first-order chi connectivity index (χ1) is 8.57. The van der Waals surface area contributed by atoms with Gasteiger partial charge in [0.2, 0.25) is 0 Å². The van der Waals surface area contributed by atoms with E-state index in [1.165, 1.54) is 0 Å². The number of likely N-dealkylation sites (tertiary alicyclic amines) is 1. The minimum Gasteiger partial charge on any atom is -0.390 e. The van der Waals surface area contributed by atoms with Gasteiger partial charge in [0.1, 0.15) is 0 Å². The molecule has 0 aliphatic carbocycles. The molecule has 1 heterocycles. The van der Waals surface area contributed by atoms with Crippen LogP contribution < -0.4 is 0 Å². The van der Waals surface area contributed by atoms with Gasteiger partial charge >= 0.3 is 0 Å². The lowest BCUT2D eigenvalue weighted by molar-refractivity contribution is -0.128. The number of benzene rings is 1. The van der Waals surface area contributed by atoms with Gasteiger partial charge in [-0.15, -0.1) is 0 Å². The molecule has 1 fully saturated rings. The van der Waals surface area contributed by atoms with Crippen molar-refractivity contribution >= 4 is 5.91 Å². The summed E-state index contributed by atoms with van der Waals surface area (Å²) in [6.07, 6.45) is 1.23. The smallest absolute Gasteiger partial charge is 0.298 e. The summed E-state index contributed by atoms with van der Waals surface area (Å²) in [6, 6.07) is 9.46. The lowest BCUT2D eigenvalue weighted by Crippen LogP contribution is -2.44. The van der Waals surface area contributed by atoms with E-state index in [0.29, 0.717) is 25.9 Å². The summed E-state index contributed by atoms with van der Waals surface area (Å²) in [5.41, 5.74) is 0.207. The highest BCUT2D eigenvalue weighted by Crippen LogP contribution is 2.20. The van der Waals surface area contributed by atoms with Crippen molar-refractivity contribution in [3.05, 3.63) is 35.9 Å². The van der Waals surface area contributed by atoms with Crippen LogP contribution in [0.1, 0.15) is 25.3 Å². The molecule has 1 N–H and O–H groups in total. The number of nitrogens with zero attached hydrogens (tertiary/aromatic N) is 1. The number of piperidine rings is 1. The van der Waals surface area contributed by atoms with Gasteiger partial charge in [-0.05, 0) is 31.9 Å². The predicted octanol–water partition coefficient (Wildman–Crippen LogP) is 1.41. The Labute approximate surface area is 107 Å². The maximum Gasteiger partial charge on any atom is 0.298 e. The summed E-state index contributed by atoms with van der Waals surface area (Å²) in [6.45, 7) is 2.97. The molecule has 3 nitrogen and oxygen atoms in total. The van der Waals surface area contributed by atoms with Crippen LogP contribution in [0.25, 0.3) is 0 Å². The first kappa shape index (κ1) is 12.7. The van der Waals surface area contributed by atoms with Gasteiger partial charge in [-0.3, -0.25) is 4.79 Å². The Balaban J connectivity index is 1.96. The van der Waals surface area contributed by atoms with Crippen LogP contribution in [0.15, 0.2) is 30.3 Å². The Morgan fingerprint density at radius 1 is 1.28 bits per heavy atom. The largest absolute Gasteiger partial charge is 0.390 e. The molecule has 0 atom stereocenters. The molecule has 1 aliphatic heterocycles. The molecule has 18 heavy (non-hydrogen) atoms. The van der Waals surface area contributed by atoms with E-state index in [4.69, 9.17) is 0 Å². The van der Waals surface area contributed by atoms with Crippen LogP contribution in [0, 0.1) is 11.8 Å². The third-order valence-electron chi connectivity index (χ3n) is 3.22. The third-order valence-corrected chi connectivity index (χ3v) is 3.22. The van der Waals surface area contributed by atoms with Crippen molar-refractivity contribution in [3.8, 4) is 11.8 Å². The van der Waals surface area contributed by atoms with Gasteiger partial charge in [-0.1, -0.05) is 24.1 Å². The van der Waals surface area contributed by atoms with Crippen molar-refractivity contribution in [1.82, 2.24) is 4.90 Å². The molecule has 0 aromatic heterocycles. The highest BCUT2D eigenvalue weighted by Gasteiger charge is 2.28. The summed E-state index contributed by atoms with van der Waals surface area (Å²) < 4.78 is 0. The molecule has 3 heteroatoms. The van der Waals surface area contributed by atoms with Crippen molar-refractivity contribution < 1.29 is 9.90 Å². The van der Waals surface area contributed by atoms with Crippen LogP contribution in [-0.2, 0) is 4.79 Å². The topological polar surface area (TPSA) is 40.5 Å². The van der Waals surface area contributed by atoms with Crippen LogP contribution in [0.2, 0.25) is 0 Å². The second kappa shape index (κ2) is 5.24. The van der Waals surface area contributed by atoms with Crippen LogP contribution in [-0.4, -0.2) is 34.6 Å². The Morgan fingerprint density at radius 3 is 2.50 bits per heavy atom.